The molecule has 1 fully saturated rings. The van der Waals surface area contributed by atoms with Gasteiger partial charge >= 0.3 is 0 Å². The quantitative estimate of drug-likeness (QED) is 0.631. The fourth-order valence-corrected chi connectivity index (χ4v) is 2.37. The van der Waals surface area contributed by atoms with Crippen LogP contribution in [0.1, 0.15) is 23.3 Å². The van der Waals surface area contributed by atoms with Crippen LogP contribution in [-0.2, 0) is 0 Å². The standard InChI is InChI=1S/C12H17N5O2S/c13-10(20)7-17-5-3-8(4-6-17)14-12(19)9-1-2-11(18)16-15-9/h1-2,8H,3-7H2,(H2,13,20)(H,14,19)(H,16,18). The van der Waals surface area contributed by atoms with Crippen molar-refractivity contribution in [2.75, 3.05) is 19.6 Å². The van der Waals surface area contributed by atoms with E-state index in [9.17, 15) is 9.59 Å². The number of hydrogen-bond acceptors (Lipinski definition) is 5. The van der Waals surface area contributed by atoms with Gasteiger partial charge in [0.25, 0.3) is 11.5 Å². The molecule has 7 nitrogen and oxygen atoms in total. The van der Waals surface area contributed by atoms with E-state index in [1.165, 1.54) is 12.1 Å². The van der Waals surface area contributed by atoms with Gasteiger partial charge in [-0.05, 0) is 18.9 Å². The molecule has 0 spiro atoms. The molecule has 0 aliphatic carbocycles. The molecule has 1 amide bonds. The monoisotopic (exact) mass is 295 g/mol. The fourth-order valence-electron chi connectivity index (χ4n) is 2.19. The molecule has 8 heteroatoms. The van der Waals surface area contributed by atoms with Crippen molar-refractivity contribution in [3.8, 4) is 0 Å². The van der Waals surface area contributed by atoms with E-state index < -0.39 is 0 Å². The largest absolute Gasteiger partial charge is 0.392 e. The molecule has 2 rings (SSSR count). The maximum absolute atomic E-state index is 11.9. The van der Waals surface area contributed by atoms with Crippen LogP contribution in [0.3, 0.4) is 0 Å². The summed E-state index contributed by atoms with van der Waals surface area (Å²) >= 11 is 4.88. The van der Waals surface area contributed by atoms with E-state index in [4.69, 9.17) is 18.0 Å². The first-order chi connectivity index (χ1) is 9.54. The van der Waals surface area contributed by atoms with Crippen LogP contribution in [0.15, 0.2) is 16.9 Å². The Morgan fingerprint density at radius 1 is 1.50 bits per heavy atom. The van der Waals surface area contributed by atoms with Crippen molar-refractivity contribution in [3.05, 3.63) is 28.2 Å². The highest BCUT2D eigenvalue weighted by atomic mass is 32.1. The summed E-state index contributed by atoms with van der Waals surface area (Å²) in [6, 6.07) is 2.81. The molecule has 1 aromatic rings. The van der Waals surface area contributed by atoms with Crippen LogP contribution in [0.4, 0.5) is 0 Å². The van der Waals surface area contributed by atoms with E-state index in [0.29, 0.717) is 11.5 Å². The van der Waals surface area contributed by atoms with Crippen LogP contribution in [0.5, 0.6) is 0 Å². The molecule has 20 heavy (non-hydrogen) atoms. The minimum atomic E-state index is -0.326. The second-order valence-corrected chi connectivity index (χ2v) is 5.32. The number of H-pyrrole nitrogens is 1. The van der Waals surface area contributed by atoms with Gasteiger partial charge in [-0.2, -0.15) is 5.10 Å². The molecule has 0 atom stereocenters. The predicted molar refractivity (Wildman–Crippen MR) is 78.6 cm³/mol. The van der Waals surface area contributed by atoms with Gasteiger partial charge in [0.1, 0.15) is 5.69 Å². The summed E-state index contributed by atoms with van der Waals surface area (Å²) in [5, 5.41) is 8.86. The Labute approximate surface area is 121 Å². The molecule has 0 saturated carbocycles. The van der Waals surface area contributed by atoms with Crippen LogP contribution in [0.2, 0.25) is 0 Å². The van der Waals surface area contributed by atoms with Gasteiger partial charge in [0.15, 0.2) is 0 Å². The number of aromatic nitrogens is 2. The van der Waals surface area contributed by atoms with Gasteiger partial charge in [0, 0.05) is 31.7 Å². The Hall–Kier alpha value is -1.80. The first-order valence-corrected chi connectivity index (χ1v) is 6.82. The third kappa shape index (κ3) is 4.10. The number of likely N-dealkylation sites (tertiary alicyclic amines) is 1. The predicted octanol–water partition coefficient (Wildman–Crippen LogP) is -0.750. The lowest BCUT2D eigenvalue weighted by Gasteiger charge is -2.31. The number of nitrogens with one attached hydrogen (secondary N) is 2. The third-order valence-electron chi connectivity index (χ3n) is 3.21. The van der Waals surface area contributed by atoms with Gasteiger partial charge in [0.05, 0.1) is 4.99 Å². The summed E-state index contributed by atoms with van der Waals surface area (Å²) in [4.78, 5) is 25.5. The Kier molecular flexibility index (Phi) is 4.80. The Morgan fingerprint density at radius 3 is 2.75 bits per heavy atom. The van der Waals surface area contributed by atoms with Gasteiger partial charge in [-0.3, -0.25) is 14.5 Å². The summed E-state index contributed by atoms with van der Waals surface area (Å²) < 4.78 is 0. The smallest absolute Gasteiger partial charge is 0.271 e. The van der Waals surface area contributed by atoms with E-state index in [1.54, 1.807) is 0 Å². The maximum Gasteiger partial charge on any atom is 0.271 e. The van der Waals surface area contributed by atoms with Crippen LogP contribution in [0, 0.1) is 0 Å². The second-order valence-electron chi connectivity index (χ2n) is 4.80. The highest BCUT2D eigenvalue weighted by Crippen LogP contribution is 2.10. The average Bonchev–Trinajstić information content (AvgIpc) is 2.41. The minimum absolute atomic E-state index is 0.110. The molecule has 0 unspecified atom stereocenters. The van der Waals surface area contributed by atoms with Crippen LogP contribution in [-0.4, -0.2) is 51.7 Å². The highest BCUT2D eigenvalue weighted by Gasteiger charge is 2.21. The Bertz CT molecular complexity index is 531. The Balaban J connectivity index is 1.83. The fraction of sp³-hybridized carbons (Fsp3) is 0.500. The van der Waals surface area contributed by atoms with Crippen LogP contribution < -0.4 is 16.6 Å². The summed E-state index contributed by atoms with van der Waals surface area (Å²) in [6.45, 7) is 2.32. The SMILES string of the molecule is NC(=S)CN1CCC(NC(=O)c2ccc(=O)[nH]n2)CC1. The lowest BCUT2D eigenvalue weighted by atomic mass is 10.0. The zero-order chi connectivity index (χ0) is 14.5. The molecule has 1 aromatic heterocycles. The number of carbonyl (C=O) groups excluding carboxylic acids is 1. The van der Waals surface area contributed by atoms with Crippen molar-refractivity contribution in [2.24, 2.45) is 5.73 Å². The van der Waals surface area contributed by atoms with Crippen LogP contribution >= 0.6 is 12.2 Å². The first-order valence-electron chi connectivity index (χ1n) is 6.42. The lowest BCUT2D eigenvalue weighted by Crippen LogP contribution is -2.46. The minimum Gasteiger partial charge on any atom is -0.392 e. The molecule has 2 heterocycles. The number of thiocarbonyl (C=S) groups is 1. The molecular weight excluding hydrogens is 278 g/mol. The number of nitrogens with two attached hydrogens (primary N) is 1. The Morgan fingerprint density at radius 2 is 2.20 bits per heavy atom. The molecule has 1 aliphatic rings. The second kappa shape index (κ2) is 6.58. The van der Waals surface area contributed by atoms with Crippen molar-refractivity contribution in [1.29, 1.82) is 0 Å². The van der Waals surface area contributed by atoms with Crippen molar-refractivity contribution in [1.82, 2.24) is 20.4 Å². The molecule has 1 saturated heterocycles. The zero-order valence-corrected chi connectivity index (χ0v) is 11.8. The van der Waals surface area contributed by atoms with Crippen molar-refractivity contribution < 1.29 is 4.79 Å². The number of rotatable bonds is 4. The van der Waals surface area contributed by atoms with Gasteiger partial charge in [0.2, 0.25) is 0 Å². The van der Waals surface area contributed by atoms with Crippen LogP contribution in [0.25, 0.3) is 0 Å². The van der Waals surface area contributed by atoms with E-state index in [0.717, 1.165) is 25.9 Å². The zero-order valence-electron chi connectivity index (χ0n) is 11.0. The van der Waals surface area contributed by atoms with E-state index >= 15 is 0 Å². The van der Waals surface area contributed by atoms with Gasteiger partial charge in [-0.25, -0.2) is 5.10 Å². The summed E-state index contributed by atoms with van der Waals surface area (Å²) in [6.07, 6.45) is 1.69. The highest BCUT2D eigenvalue weighted by molar-refractivity contribution is 7.80. The van der Waals surface area contributed by atoms with Gasteiger partial charge < -0.3 is 11.1 Å². The van der Waals surface area contributed by atoms with Crippen molar-refractivity contribution in [2.45, 2.75) is 18.9 Å². The molecule has 4 N–H and O–H groups in total. The molecule has 108 valence electrons. The molecule has 1 aliphatic heterocycles. The van der Waals surface area contributed by atoms with E-state index in [-0.39, 0.29) is 23.2 Å². The van der Waals surface area contributed by atoms with E-state index in [2.05, 4.69) is 20.4 Å². The molecule has 0 bridgehead atoms. The normalized spacial score (nSPS) is 16.8. The lowest BCUT2D eigenvalue weighted by molar-refractivity contribution is 0.0908. The number of nitrogens with zero attached hydrogens (tertiary/aromatic N) is 2. The van der Waals surface area contributed by atoms with E-state index in [1.807, 2.05) is 0 Å². The number of amides is 1. The first kappa shape index (κ1) is 14.6. The number of hydrogen-bond donors (Lipinski definition) is 3. The summed E-state index contributed by atoms with van der Waals surface area (Å²) in [5.74, 6) is -0.269. The molecule has 0 aromatic carbocycles. The number of piperidine rings is 1. The number of carbonyl (C=O) groups is 1. The molecule has 0 radical (unpaired) electrons. The van der Waals surface area contributed by atoms with Crippen molar-refractivity contribution in [3.63, 3.8) is 0 Å². The molecular formula is C12H17N5O2S. The summed E-state index contributed by atoms with van der Waals surface area (Å²) in [7, 11) is 0. The summed E-state index contributed by atoms with van der Waals surface area (Å²) in [5.41, 5.74) is 5.40. The topological polar surface area (TPSA) is 104 Å². The average molecular weight is 295 g/mol. The van der Waals surface area contributed by atoms with Crippen molar-refractivity contribution >= 4 is 23.1 Å². The maximum atomic E-state index is 11.9. The van der Waals surface area contributed by atoms with Gasteiger partial charge in [-0.15, -0.1) is 0 Å². The van der Waals surface area contributed by atoms with Gasteiger partial charge in [-0.1, -0.05) is 12.2 Å². The third-order valence-corrected chi connectivity index (χ3v) is 3.34. The number of aromatic amines is 1.